The molecule has 0 aliphatic heterocycles. The summed E-state index contributed by atoms with van der Waals surface area (Å²) in [5, 5.41) is 13.8. The number of hydrogen-bond donors (Lipinski definition) is 1. The van der Waals surface area contributed by atoms with Gasteiger partial charge in [-0.15, -0.1) is 0 Å². The fraction of sp³-hybridized carbons (Fsp3) is 0.500. The van der Waals surface area contributed by atoms with Gasteiger partial charge in [-0.3, -0.25) is 10.1 Å². The molecule has 0 atom stereocenters. The molecule has 5 heteroatoms. The highest BCUT2D eigenvalue weighted by molar-refractivity contribution is 5.34. The molecule has 0 spiro atoms. The van der Waals surface area contributed by atoms with E-state index in [0.717, 1.165) is 31.7 Å². The van der Waals surface area contributed by atoms with Gasteiger partial charge in [-0.25, -0.2) is 0 Å². The maximum Gasteiger partial charge on any atom is 0.269 e. The number of nitrogens with one attached hydrogen (secondary N) is 1. The van der Waals surface area contributed by atoms with Crippen molar-refractivity contribution >= 4 is 5.69 Å². The molecular weight excluding hydrogens is 220 g/mol. The van der Waals surface area contributed by atoms with Crippen molar-refractivity contribution in [3.63, 3.8) is 0 Å². The predicted octanol–water partition coefficient (Wildman–Crippen LogP) is 2.11. The summed E-state index contributed by atoms with van der Waals surface area (Å²) >= 11 is 0. The Morgan fingerprint density at radius 1 is 1.47 bits per heavy atom. The predicted molar refractivity (Wildman–Crippen MR) is 65.9 cm³/mol. The minimum absolute atomic E-state index is 0.138. The van der Waals surface area contributed by atoms with Gasteiger partial charge in [-0.1, -0.05) is 12.1 Å². The van der Waals surface area contributed by atoms with Crippen molar-refractivity contribution in [3.8, 4) is 0 Å². The average molecular weight is 238 g/mol. The summed E-state index contributed by atoms with van der Waals surface area (Å²) in [4.78, 5) is 10.2. The van der Waals surface area contributed by atoms with Crippen LogP contribution in [0, 0.1) is 10.1 Å². The van der Waals surface area contributed by atoms with Crippen LogP contribution in [0.15, 0.2) is 24.3 Å². The van der Waals surface area contributed by atoms with Gasteiger partial charge in [0.15, 0.2) is 0 Å². The summed E-state index contributed by atoms with van der Waals surface area (Å²) in [6, 6.07) is 6.67. The second-order valence-corrected chi connectivity index (χ2v) is 3.65. The number of non-ortho nitro benzene ring substituents is 1. The minimum atomic E-state index is -0.376. The normalized spacial score (nSPS) is 10.4. The van der Waals surface area contributed by atoms with Crippen molar-refractivity contribution in [2.75, 3.05) is 19.8 Å². The van der Waals surface area contributed by atoms with Crippen LogP contribution in [0.1, 0.15) is 18.9 Å². The maximum absolute atomic E-state index is 10.6. The van der Waals surface area contributed by atoms with Gasteiger partial charge in [0, 0.05) is 31.9 Å². The van der Waals surface area contributed by atoms with E-state index < -0.39 is 0 Å². The van der Waals surface area contributed by atoms with Gasteiger partial charge in [0.2, 0.25) is 0 Å². The van der Waals surface area contributed by atoms with Crippen LogP contribution < -0.4 is 5.32 Å². The van der Waals surface area contributed by atoms with E-state index in [4.69, 9.17) is 4.74 Å². The monoisotopic (exact) mass is 238 g/mol. The molecular formula is C12H18N2O3. The lowest BCUT2D eigenvalue weighted by Crippen LogP contribution is -2.16. The smallest absolute Gasteiger partial charge is 0.269 e. The zero-order chi connectivity index (χ0) is 12.5. The third-order valence-corrected chi connectivity index (χ3v) is 2.30. The quantitative estimate of drug-likeness (QED) is 0.428. The summed E-state index contributed by atoms with van der Waals surface area (Å²) in [6.45, 7) is 4.95. The van der Waals surface area contributed by atoms with E-state index in [9.17, 15) is 10.1 Å². The molecule has 1 rings (SSSR count). The Bertz CT molecular complexity index is 355. The van der Waals surface area contributed by atoms with Crippen molar-refractivity contribution in [1.29, 1.82) is 0 Å². The molecule has 5 nitrogen and oxygen atoms in total. The number of nitrogens with zero attached hydrogens (tertiary/aromatic N) is 1. The molecule has 0 radical (unpaired) electrons. The van der Waals surface area contributed by atoms with Gasteiger partial charge < -0.3 is 10.1 Å². The highest BCUT2D eigenvalue weighted by atomic mass is 16.6. The van der Waals surface area contributed by atoms with Crippen molar-refractivity contribution < 1.29 is 9.66 Å². The summed E-state index contributed by atoms with van der Waals surface area (Å²) in [6.07, 6.45) is 0.947. The molecule has 0 amide bonds. The van der Waals surface area contributed by atoms with E-state index in [1.54, 1.807) is 12.1 Å². The van der Waals surface area contributed by atoms with Crippen LogP contribution in [-0.2, 0) is 11.3 Å². The Labute approximate surface area is 101 Å². The molecule has 0 aliphatic rings. The SMILES string of the molecule is CCOCCCNCc1cccc([N+](=O)[O-])c1. The van der Waals surface area contributed by atoms with Crippen LogP contribution in [0.2, 0.25) is 0 Å². The van der Waals surface area contributed by atoms with E-state index in [0.29, 0.717) is 6.54 Å². The Balaban J connectivity index is 2.27. The molecule has 0 unspecified atom stereocenters. The van der Waals surface area contributed by atoms with E-state index in [-0.39, 0.29) is 10.6 Å². The molecule has 0 heterocycles. The lowest BCUT2D eigenvalue weighted by atomic mass is 10.2. The van der Waals surface area contributed by atoms with Crippen LogP contribution in [0.25, 0.3) is 0 Å². The van der Waals surface area contributed by atoms with Gasteiger partial charge >= 0.3 is 0 Å². The second kappa shape index (κ2) is 7.76. The molecule has 17 heavy (non-hydrogen) atoms. The summed E-state index contributed by atoms with van der Waals surface area (Å²) in [5.74, 6) is 0. The number of ether oxygens (including phenoxy) is 1. The first-order chi connectivity index (χ1) is 8.24. The number of hydrogen-bond acceptors (Lipinski definition) is 4. The number of rotatable bonds is 8. The molecule has 0 fully saturated rings. The molecule has 94 valence electrons. The first kappa shape index (κ1) is 13.6. The average Bonchev–Trinajstić information content (AvgIpc) is 2.34. The molecule has 0 saturated carbocycles. The molecule has 1 aromatic rings. The van der Waals surface area contributed by atoms with Crippen molar-refractivity contribution in [2.45, 2.75) is 19.9 Å². The molecule has 0 saturated heterocycles. The second-order valence-electron chi connectivity index (χ2n) is 3.65. The van der Waals surface area contributed by atoms with E-state index >= 15 is 0 Å². The molecule has 0 aliphatic carbocycles. The largest absolute Gasteiger partial charge is 0.382 e. The highest BCUT2D eigenvalue weighted by Crippen LogP contribution is 2.12. The fourth-order valence-electron chi connectivity index (χ4n) is 1.46. The molecule has 1 N–H and O–H groups in total. The van der Waals surface area contributed by atoms with Crippen LogP contribution in [-0.4, -0.2) is 24.7 Å². The first-order valence-electron chi connectivity index (χ1n) is 5.76. The van der Waals surface area contributed by atoms with Crippen LogP contribution in [0.5, 0.6) is 0 Å². The van der Waals surface area contributed by atoms with E-state index in [1.807, 2.05) is 13.0 Å². The maximum atomic E-state index is 10.6. The van der Waals surface area contributed by atoms with Crippen molar-refractivity contribution in [2.24, 2.45) is 0 Å². The van der Waals surface area contributed by atoms with Gasteiger partial charge in [0.25, 0.3) is 5.69 Å². The van der Waals surface area contributed by atoms with Gasteiger partial charge in [-0.05, 0) is 25.5 Å². The van der Waals surface area contributed by atoms with Crippen LogP contribution in [0.4, 0.5) is 5.69 Å². The Morgan fingerprint density at radius 2 is 2.29 bits per heavy atom. The van der Waals surface area contributed by atoms with Crippen molar-refractivity contribution in [3.05, 3.63) is 39.9 Å². The number of benzene rings is 1. The standard InChI is InChI=1S/C12H18N2O3/c1-2-17-8-4-7-13-10-11-5-3-6-12(9-11)14(15)16/h3,5-6,9,13H,2,4,7-8,10H2,1H3. The number of nitro benzene ring substituents is 1. The zero-order valence-corrected chi connectivity index (χ0v) is 10.0. The Morgan fingerprint density at radius 3 is 3.00 bits per heavy atom. The molecule has 1 aromatic carbocycles. The fourth-order valence-corrected chi connectivity index (χ4v) is 1.46. The van der Waals surface area contributed by atoms with Crippen LogP contribution in [0.3, 0.4) is 0 Å². The Hall–Kier alpha value is -1.46. The third kappa shape index (κ3) is 5.42. The lowest BCUT2D eigenvalue weighted by molar-refractivity contribution is -0.384. The number of nitro groups is 1. The minimum Gasteiger partial charge on any atom is -0.382 e. The van der Waals surface area contributed by atoms with E-state index in [2.05, 4.69) is 5.32 Å². The summed E-state index contributed by atoms with van der Waals surface area (Å²) in [7, 11) is 0. The van der Waals surface area contributed by atoms with Gasteiger partial charge in [-0.2, -0.15) is 0 Å². The summed E-state index contributed by atoms with van der Waals surface area (Å²) in [5.41, 5.74) is 1.06. The van der Waals surface area contributed by atoms with E-state index in [1.165, 1.54) is 6.07 Å². The van der Waals surface area contributed by atoms with Gasteiger partial charge in [0.1, 0.15) is 0 Å². The zero-order valence-electron chi connectivity index (χ0n) is 10.0. The topological polar surface area (TPSA) is 64.4 Å². The van der Waals surface area contributed by atoms with Gasteiger partial charge in [0.05, 0.1) is 4.92 Å². The highest BCUT2D eigenvalue weighted by Gasteiger charge is 2.04. The molecule has 0 aromatic heterocycles. The van der Waals surface area contributed by atoms with Crippen LogP contribution >= 0.6 is 0 Å². The third-order valence-electron chi connectivity index (χ3n) is 2.30. The summed E-state index contributed by atoms with van der Waals surface area (Å²) < 4.78 is 5.21. The Kier molecular flexibility index (Phi) is 6.21. The lowest BCUT2D eigenvalue weighted by Gasteiger charge is -2.05. The molecule has 0 bridgehead atoms. The first-order valence-corrected chi connectivity index (χ1v) is 5.76. The van der Waals surface area contributed by atoms with Crippen molar-refractivity contribution in [1.82, 2.24) is 5.32 Å².